The number of carboxylic acid groups (broad SMARTS) is 1. The van der Waals surface area contributed by atoms with E-state index in [1.165, 1.54) is 7.11 Å². The molecule has 1 fully saturated rings. The Hall–Kier alpha value is -1.76. The van der Waals surface area contributed by atoms with E-state index < -0.39 is 17.4 Å². The zero-order valence-electron chi connectivity index (χ0n) is 12.4. The summed E-state index contributed by atoms with van der Waals surface area (Å²) in [5, 5.41) is 11.9. The molecule has 1 amide bonds. The van der Waals surface area contributed by atoms with Crippen molar-refractivity contribution in [3.63, 3.8) is 0 Å². The minimum Gasteiger partial charge on any atom is -0.493 e. The lowest BCUT2D eigenvalue weighted by Gasteiger charge is -2.38. The zero-order chi connectivity index (χ0) is 16.3. The number of aliphatic carboxylic acids is 1. The third-order valence-corrected chi connectivity index (χ3v) is 4.34. The van der Waals surface area contributed by atoms with E-state index in [0.717, 1.165) is 6.42 Å². The standard InChI is InChI=1S/C15H18BrNO5/c1-3-22-12-10(16)7-9(8-11(12)21-2)13(18)17-15(14(19)20)5-4-6-15/h7-8H,3-6H2,1-2H3,(H,17,18)(H,19,20). The van der Waals surface area contributed by atoms with Crippen molar-refractivity contribution in [2.24, 2.45) is 0 Å². The van der Waals surface area contributed by atoms with E-state index in [0.29, 0.717) is 41.0 Å². The molecule has 1 aliphatic rings. The number of carbonyl (C=O) groups is 2. The van der Waals surface area contributed by atoms with Crippen LogP contribution in [0.2, 0.25) is 0 Å². The second-order valence-corrected chi connectivity index (χ2v) is 5.97. The second-order valence-electron chi connectivity index (χ2n) is 5.12. The number of halogens is 1. The fourth-order valence-electron chi connectivity index (χ4n) is 2.35. The molecule has 0 spiro atoms. The van der Waals surface area contributed by atoms with Crippen molar-refractivity contribution in [1.29, 1.82) is 0 Å². The molecule has 1 saturated carbocycles. The molecular formula is C15H18BrNO5. The summed E-state index contributed by atoms with van der Waals surface area (Å²) in [4.78, 5) is 23.7. The van der Waals surface area contributed by atoms with E-state index >= 15 is 0 Å². The fraction of sp³-hybridized carbons (Fsp3) is 0.467. The van der Waals surface area contributed by atoms with Crippen LogP contribution < -0.4 is 14.8 Å². The lowest BCUT2D eigenvalue weighted by molar-refractivity contribution is -0.148. The predicted octanol–water partition coefficient (Wildman–Crippen LogP) is 2.59. The van der Waals surface area contributed by atoms with Gasteiger partial charge in [-0.1, -0.05) is 0 Å². The van der Waals surface area contributed by atoms with Gasteiger partial charge in [-0.05, 0) is 54.2 Å². The third kappa shape index (κ3) is 3.04. The Kier molecular flexibility index (Phi) is 4.95. The molecule has 1 aromatic carbocycles. The molecule has 0 saturated heterocycles. The Balaban J connectivity index is 2.27. The average molecular weight is 372 g/mol. The maximum absolute atomic E-state index is 12.4. The van der Waals surface area contributed by atoms with Crippen LogP contribution in [0.4, 0.5) is 0 Å². The van der Waals surface area contributed by atoms with Crippen molar-refractivity contribution in [1.82, 2.24) is 5.32 Å². The highest BCUT2D eigenvalue weighted by atomic mass is 79.9. The van der Waals surface area contributed by atoms with E-state index in [4.69, 9.17) is 9.47 Å². The Morgan fingerprint density at radius 2 is 2.09 bits per heavy atom. The summed E-state index contributed by atoms with van der Waals surface area (Å²) in [6.45, 7) is 2.31. The largest absolute Gasteiger partial charge is 0.493 e. The first-order chi connectivity index (χ1) is 10.4. The van der Waals surface area contributed by atoms with Gasteiger partial charge >= 0.3 is 5.97 Å². The Bertz CT molecular complexity index is 598. The molecule has 120 valence electrons. The summed E-state index contributed by atoms with van der Waals surface area (Å²) in [7, 11) is 1.48. The highest BCUT2D eigenvalue weighted by Crippen LogP contribution is 2.37. The smallest absolute Gasteiger partial charge is 0.329 e. The highest BCUT2D eigenvalue weighted by Gasteiger charge is 2.45. The van der Waals surface area contributed by atoms with Crippen molar-refractivity contribution < 1.29 is 24.2 Å². The number of ether oxygens (including phenoxy) is 2. The number of carbonyl (C=O) groups excluding carboxylic acids is 1. The Labute approximate surface area is 136 Å². The van der Waals surface area contributed by atoms with Gasteiger partial charge in [0, 0.05) is 5.56 Å². The van der Waals surface area contributed by atoms with Gasteiger partial charge in [-0.25, -0.2) is 4.79 Å². The molecule has 2 N–H and O–H groups in total. The molecule has 0 radical (unpaired) electrons. The van der Waals surface area contributed by atoms with Crippen LogP contribution >= 0.6 is 15.9 Å². The maximum Gasteiger partial charge on any atom is 0.329 e. The van der Waals surface area contributed by atoms with Crippen LogP contribution in [-0.2, 0) is 4.79 Å². The van der Waals surface area contributed by atoms with Crippen molar-refractivity contribution in [2.45, 2.75) is 31.7 Å². The van der Waals surface area contributed by atoms with Gasteiger partial charge in [-0.2, -0.15) is 0 Å². The summed E-state index contributed by atoms with van der Waals surface area (Å²) < 4.78 is 11.3. The topological polar surface area (TPSA) is 84.9 Å². The zero-order valence-corrected chi connectivity index (χ0v) is 14.0. The predicted molar refractivity (Wildman–Crippen MR) is 83.5 cm³/mol. The molecule has 0 atom stereocenters. The lowest BCUT2D eigenvalue weighted by atomic mass is 9.76. The maximum atomic E-state index is 12.4. The SMILES string of the molecule is CCOc1c(Br)cc(C(=O)NC2(C(=O)O)CCC2)cc1OC. The number of hydrogen-bond acceptors (Lipinski definition) is 4. The normalized spacial score (nSPS) is 15.6. The van der Waals surface area contributed by atoms with Crippen molar-refractivity contribution in [3.05, 3.63) is 22.2 Å². The van der Waals surface area contributed by atoms with E-state index in [-0.39, 0.29) is 0 Å². The molecule has 7 heteroatoms. The Morgan fingerprint density at radius 1 is 1.41 bits per heavy atom. The van der Waals surface area contributed by atoms with E-state index in [1.54, 1.807) is 12.1 Å². The van der Waals surface area contributed by atoms with Crippen LogP contribution in [0.5, 0.6) is 11.5 Å². The lowest BCUT2D eigenvalue weighted by Crippen LogP contribution is -2.59. The first-order valence-electron chi connectivity index (χ1n) is 6.99. The fourth-order valence-corrected chi connectivity index (χ4v) is 2.90. The van der Waals surface area contributed by atoms with Crippen LogP contribution in [0.15, 0.2) is 16.6 Å². The molecule has 1 aliphatic carbocycles. The number of amides is 1. The first kappa shape index (κ1) is 16.6. The molecule has 0 aliphatic heterocycles. The minimum atomic E-state index is -1.14. The molecule has 0 unspecified atom stereocenters. The molecule has 6 nitrogen and oxygen atoms in total. The summed E-state index contributed by atoms with van der Waals surface area (Å²) in [6, 6.07) is 3.14. The summed E-state index contributed by atoms with van der Waals surface area (Å²) in [6.07, 6.45) is 1.69. The highest BCUT2D eigenvalue weighted by molar-refractivity contribution is 9.10. The van der Waals surface area contributed by atoms with Crippen LogP contribution in [-0.4, -0.2) is 36.2 Å². The molecular weight excluding hydrogens is 354 g/mol. The molecule has 22 heavy (non-hydrogen) atoms. The monoisotopic (exact) mass is 371 g/mol. The Morgan fingerprint density at radius 3 is 2.55 bits per heavy atom. The number of carboxylic acids is 1. The van der Waals surface area contributed by atoms with E-state index in [9.17, 15) is 14.7 Å². The molecule has 1 aromatic rings. The summed E-state index contributed by atoms with van der Waals surface area (Å²) in [5.74, 6) is -0.509. The van der Waals surface area contributed by atoms with Gasteiger partial charge in [0.1, 0.15) is 5.54 Å². The number of benzene rings is 1. The van der Waals surface area contributed by atoms with Crippen LogP contribution in [0.3, 0.4) is 0 Å². The molecule has 2 rings (SSSR count). The number of methoxy groups -OCH3 is 1. The molecule has 0 aromatic heterocycles. The van der Waals surface area contributed by atoms with Crippen molar-refractivity contribution in [3.8, 4) is 11.5 Å². The van der Waals surface area contributed by atoms with E-state index in [2.05, 4.69) is 21.2 Å². The van der Waals surface area contributed by atoms with Gasteiger partial charge in [0.15, 0.2) is 11.5 Å². The van der Waals surface area contributed by atoms with Crippen LogP contribution in [0.1, 0.15) is 36.5 Å². The third-order valence-electron chi connectivity index (χ3n) is 3.75. The second kappa shape index (κ2) is 6.56. The molecule has 0 heterocycles. The van der Waals surface area contributed by atoms with E-state index in [1.807, 2.05) is 6.92 Å². The van der Waals surface area contributed by atoms with Gasteiger partial charge in [0.05, 0.1) is 18.2 Å². The summed E-state index contributed by atoms with van der Waals surface area (Å²) >= 11 is 3.35. The number of hydrogen-bond donors (Lipinski definition) is 2. The average Bonchev–Trinajstić information content (AvgIpc) is 2.44. The number of rotatable bonds is 6. The van der Waals surface area contributed by atoms with Gasteiger partial charge in [0.2, 0.25) is 0 Å². The minimum absolute atomic E-state index is 0.319. The van der Waals surface area contributed by atoms with Gasteiger partial charge < -0.3 is 19.9 Å². The first-order valence-corrected chi connectivity index (χ1v) is 7.79. The van der Waals surface area contributed by atoms with Crippen LogP contribution in [0, 0.1) is 0 Å². The van der Waals surface area contributed by atoms with Crippen molar-refractivity contribution in [2.75, 3.05) is 13.7 Å². The molecule has 0 bridgehead atoms. The van der Waals surface area contributed by atoms with Gasteiger partial charge in [-0.15, -0.1) is 0 Å². The van der Waals surface area contributed by atoms with Gasteiger partial charge in [-0.3, -0.25) is 4.79 Å². The van der Waals surface area contributed by atoms with Gasteiger partial charge in [0.25, 0.3) is 5.91 Å². The summed E-state index contributed by atoms with van der Waals surface area (Å²) in [5.41, 5.74) is -0.824. The number of nitrogens with one attached hydrogen (secondary N) is 1. The quantitative estimate of drug-likeness (QED) is 0.802. The van der Waals surface area contributed by atoms with Crippen molar-refractivity contribution >= 4 is 27.8 Å². The van der Waals surface area contributed by atoms with Crippen LogP contribution in [0.25, 0.3) is 0 Å².